The minimum Gasteiger partial charge on any atom is -0.384 e. The van der Waals surface area contributed by atoms with Crippen LogP contribution in [-0.4, -0.2) is 50.2 Å². The maximum atomic E-state index is 12.4. The highest BCUT2D eigenvalue weighted by Gasteiger charge is 2.30. The topological polar surface area (TPSA) is 41.6 Å². The first-order chi connectivity index (χ1) is 8.70. The number of hydrogen-bond donors (Lipinski definition) is 1. The van der Waals surface area contributed by atoms with Gasteiger partial charge in [-0.05, 0) is 45.1 Å². The van der Waals surface area contributed by atoms with Gasteiger partial charge in [0.2, 0.25) is 5.91 Å². The molecular formula is C14H26N2O2. The van der Waals surface area contributed by atoms with Crippen molar-refractivity contribution in [1.82, 2.24) is 10.2 Å². The molecular weight excluding hydrogens is 228 g/mol. The molecule has 1 N–H and O–H groups in total. The van der Waals surface area contributed by atoms with Crippen LogP contribution in [0.2, 0.25) is 0 Å². The first kappa shape index (κ1) is 13.8. The Morgan fingerprint density at radius 1 is 1.33 bits per heavy atom. The van der Waals surface area contributed by atoms with Gasteiger partial charge in [-0.25, -0.2) is 0 Å². The molecule has 2 saturated heterocycles. The van der Waals surface area contributed by atoms with Gasteiger partial charge in [-0.1, -0.05) is 0 Å². The van der Waals surface area contributed by atoms with Crippen molar-refractivity contribution < 1.29 is 9.53 Å². The van der Waals surface area contributed by atoms with Gasteiger partial charge in [0.05, 0.1) is 0 Å². The Morgan fingerprint density at radius 2 is 2.06 bits per heavy atom. The highest BCUT2D eigenvalue weighted by Crippen LogP contribution is 2.23. The number of hydrogen-bond acceptors (Lipinski definition) is 3. The fraction of sp³-hybridized carbons (Fsp3) is 0.929. The van der Waals surface area contributed by atoms with E-state index >= 15 is 0 Å². The Balaban J connectivity index is 1.80. The van der Waals surface area contributed by atoms with Crippen LogP contribution in [-0.2, 0) is 9.53 Å². The Kier molecular flexibility index (Phi) is 5.01. The van der Waals surface area contributed by atoms with Crippen LogP contribution in [0.1, 0.15) is 32.6 Å². The highest BCUT2D eigenvalue weighted by molar-refractivity contribution is 5.79. The summed E-state index contributed by atoms with van der Waals surface area (Å²) in [5.74, 6) is 1.28. The Hall–Kier alpha value is -0.610. The lowest BCUT2D eigenvalue weighted by molar-refractivity contribution is -0.138. The Labute approximate surface area is 110 Å². The highest BCUT2D eigenvalue weighted by atomic mass is 16.5. The summed E-state index contributed by atoms with van der Waals surface area (Å²) in [7, 11) is 1.76. The van der Waals surface area contributed by atoms with E-state index in [-0.39, 0.29) is 5.92 Å². The van der Waals surface area contributed by atoms with E-state index in [0.717, 1.165) is 51.9 Å². The van der Waals surface area contributed by atoms with Crippen LogP contribution in [0, 0.1) is 11.8 Å². The molecule has 0 saturated carbocycles. The molecule has 1 amide bonds. The smallest absolute Gasteiger partial charge is 0.225 e. The van der Waals surface area contributed by atoms with Gasteiger partial charge in [0.15, 0.2) is 0 Å². The summed E-state index contributed by atoms with van der Waals surface area (Å²) < 4.78 is 5.20. The molecule has 0 aromatic carbocycles. The second kappa shape index (κ2) is 6.53. The van der Waals surface area contributed by atoms with E-state index in [1.54, 1.807) is 7.11 Å². The van der Waals surface area contributed by atoms with Crippen LogP contribution in [0.4, 0.5) is 0 Å². The average Bonchev–Trinajstić information content (AvgIpc) is 2.39. The maximum Gasteiger partial charge on any atom is 0.225 e. The summed E-state index contributed by atoms with van der Waals surface area (Å²) in [5.41, 5.74) is 0. The second-order valence-electron chi connectivity index (χ2n) is 5.80. The zero-order chi connectivity index (χ0) is 13.0. The standard InChI is InChI=1S/C14H26N2O2/c1-11-9-13(3-6-15-11)14(17)16-7-4-12(5-8-16)10-18-2/h11-13,15H,3-10H2,1-2H3. The number of piperidine rings is 2. The summed E-state index contributed by atoms with van der Waals surface area (Å²) >= 11 is 0. The molecule has 4 heteroatoms. The number of carbonyl (C=O) groups excluding carboxylic acids is 1. The molecule has 2 heterocycles. The third kappa shape index (κ3) is 3.45. The number of ether oxygens (including phenoxy) is 1. The van der Waals surface area contributed by atoms with Crippen LogP contribution in [0.15, 0.2) is 0 Å². The van der Waals surface area contributed by atoms with E-state index in [0.29, 0.717) is 17.9 Å². The van der Waals surface area contributed by atoms with Crippen molar-refractivity contribution >= 4 is 5.91 Å². The zero-order valence-electron chi connectivity index (χ0n) is 11.7. The third-order valence-electron chi connectivity index (χ3n) is 4.30. The van der Waals surface area contributed by atoms with Crippen LogP contribution < -0.4 is 5.32 Å². The number of rotatable bonds is 3. The number of nitrogens with zero attached hydrogens (tertiary/aromatic N) is 1. The number of carbonyl (C=O) groups is 1. The van der Waals surface area contributed by atoms with Crippen molar-refractivity contribution in [1.29, 1.82) is 0 Å². The number of methoxy groups -OCH3 is 1. The van der Waals surface area contributed by atoms with Gasteiger partial charge in [0, 0.05) is 38.8 Å². The number of likely N-dealkylation sites (tertiary alicyclic amines) is 1. The molecule has 2 aliphatic heterocycles. The molecule has 4 nitrogen and oxygen atoms in total. The largest absolute Gasteiger partial charge is 0.384 e. The molecule has 0 spiro atoms. The SMILES string of the molecule is COCC1CCN(C(=O)C2CCNC(C)C2)CC1. The van der Waals surface area contributed by atoms with Gasteiger partial charge in [0.25, 0.3) is 0 Å². The number of amides is 1. The molecule has 2 rings (SSSR count). The molecule has 2 atom stereocenters. The summed E-state index contributed by atoms with van der Waals surface area (Å²) in [4.78, 5) is 14.5. The van der Waals surface area contributed by atoms with Crippen LogP contribution >= 0.6 is 0 Å². The van der Waals surface area contributed by atoms with Crippen LogP contribution in [0.25, 0.3) is 0 Å². The average molecular weight is 254 g/mol. The fourth-order valence-electron chi connectivity index (χ4n) is 3.17. The van der Waals surface area contributed by atoms with Gasteiger partial charge in [-0.2, -0.15) is 0 Å². The molecule has 18 heavy (non-hydrogen) atoms. The maximum absolute atomic E-state index is 12.4. The first-order valence-electron chi connectivity index (χ1n) is 7.21. The summed E-state index contributed by atoms with van der Waals surface area (Å²) in [5, 5.41) is 3.41. The molecule has 104 valence electrons. The molecule has 0 bridgehead atoms. The Bertz CT molecular complexity index is 275. The molecule has 2 fully saturated rings. The Morgan fingerprint density at radius 3 is 2.67 bits per heavy atom. The van der Waals surface area contributed by atoms with Crippen LogP contribution in [0.5, 0.6) is 0 Å². The van der Waals surface area contributed by atoms with E-state index in [4.69, 9.17) is 4.74 Å². The van der Waals surface area contributed by atoms with Crippen molar-refractivity contribution in [2.24, 2.45) is 11.8 Å². The van der Waals surface area contributed by atoms with Crippen molar-refractivity contribution in [3.63, 3.8) is 0 Å². The minimum atomic E-state index is 0.250. The lowest BCUT2D eigenvalue weighted by atomic mass is 9.90. The van der Waals surface area contributed by atoms with Gasteiger partial charge < -0.3 is 15.0 Å². The predicted molar refractivity (Wildman–Crippen MR) is 71.4 cm³/mol. The molecule has 0 aromatic rings. The fourth-order valence-corrected chi connectivity index (χ4v) is 3.17. The van der Waals surface area contributed by atoms with Crippen molar-refractivity contribution in [2.45, 2.75) is 38.6 Å². The van der Waals surface area contributed by atoms with Crippen molar-refractivity contribution in [3.05, 3.63) is 0 Å². The third-order valence-corrected chi connectivity index (χ3v) is 4.30. The van der Waals surface area contributed by atoms with Gasteiger partial charge in [0.1, 0.15) is 0 Å². The van der Waals surface area contributed by atoms with E-state index in [1.807, 2.05) is 0 Å². The molecule has 0 aliphatic carbocycles. The van der Waals surface area contributed by atoms with Crippen molar-refractivity contribution in [3.8, 4) is 0 Å². The summed E-state index contributed by atoms with van der Waals surface area (Å²) in [6, 6.07) is 0.485. The number of nitrogens with one attached hydrogen (secondary N) is 1. The summed E-state index contributed by atoms with van der Waals surface area (Å²) in [6.45, 7) is 5.84. The van der Waals surface area contributed by atoms with Gasteiger partial charge in [-0.3, -0.25) is 4.79 Å². The van der Waals surface area contributed by atoms with Gasteiger partial charge in [-0.15, -0.1) is 0 Å². The van der Waals surface area contributed by atoms with E-state index in [1.165, 1.54) is 0 Å². The van der Waals surface area contributed by atoms with Gasteiger partial charge >= 0.3 is 0 Å². The predicted octanol–water partition coefficient (Wildman–Crippen LogP) is 1.26. The molecule has 0 aromatic heterocycles. The first-order valence-corrected chi connectivity index (χ1v) is 7.21. The van der Waals surface area contributed by atoms with Crippen LogP contribution in [0.3, 0.4) is 0 Å². The normalized spacial score (nSPS) is 30.4. The quantitative estimate of drug-likeness (QED) is 0.824. The van der Waals surface area contributed by atoms with E-state index < -0.39 is 0 Å². The lowest BCUT2D eigenvalue weighted by Crippen LogP contribution is -2.46. The summed E-state index contributed by atoms with van der Waals surface area (Å²) in [6.07, 6.45) is 4.19. The molecule has 2 unspecified atom stereocenters. The second-order valence-corrected chi connectivity index (χ2v) is 5.80. The van der Waals surface area contributed by atoms with Crippen molar-refractivity contribution in [2.75, 3.05) is 33.4 Å². The van der Waals surface area contributed by atoms with E-state index in [9.17, 15) is 4.79 Å². The zero-order valence-corrected chi connectivity index (χ0v) is 11.7. The molecule has 0 radical (unpaired) electrons. The monoisotopic (exact) mass is 254 g/mol. The lowest BCUT2D eigenvalue weighted by Gasteiger charge is -2.36. The van der Waals surface area contributed by atoms with E-state index in [2.05, 4.69) is 17.1 Å². The minimum absolute atomic E-state index is 0.250. The molecule has 2 aliphatic rings.